The minimum Gasteiger partial charge on any atom is -0.305 e. The normalized spacial score (nSPS) is 14.0. The van der Waals surface area contributed by atoms with Crippen molar-refractivity contribution >= 4 is 11.6 Å². The zero-order chi connectivity index (χ0) is 33.9. The molecule has 0 saturated heterocycles. The molecule has 6 aromatic rings. The van der Waals surface area contributed by atoms with Gasteiger partial charge in [0.15, 0.2) is 0 Å². The Labute approximate surface area is 291 Å². The molecule has 1 radical (unpaired) electrons. The third-order valence-electron chi connectivity index (χ3n) is 8.34. The zero-order valence-corrected chi connectivity index (χ0v) is 28.9. The molecule has 3 heteroatoms. The second-order valence-corrected chi connectivity index (χ2v) is 12.1. The fourth-order valence-electron chi connectivity index (χ4n) is 5.81. The third kappa shape index (κ3) is 7.02. The van der Waals surface area contributed by atoms with E-state index < -0.39 is 6.85 Å². The van der Waals surface area contributed by atoms with Crippen LogP contribution in [0.1, 0.15) is 65.5 Å². The SMILES string of the molecule is CC(C)c1ccnc(-c2[c-]c3c(c(-c4ccccc4)c2)C=C(c2ccccc2)C3(C)C)c1.[2H]C([2H])([2H])c1ccc(-c2[c-]cccc2)nc1.[Ir]. The number of fused-ring (bicyclic) bond motifs is 1. The predicted octanol–water partition coefficient (Wildman–Crippen LogP) is 11.0. The van der Waals surface area contributed by atoms with Crippen LogP contribution in [-0.2, 0) is 25.5 Å². The van der Waals surface area contributed by atoms with Crippen LogP contribution >= 0.6 is 0 Å². The standard InChI is InChI=1S/C31H28N.C12H10N.Ir/c1-21(2)24-15-16-32-30(19-24)25-17-26(22-11-7-5-8-12-22)27-20-28(23-13-9-6-10-14-23)31(3,4)29(27)18-25;1-10-7-8-12(13-9-10)11-5-3-2-4-6-11;/h5-17,19-21H,1-4H3;2-5,7-9H,1H3;/q2*-1;/i;1D3;. The van der Waals surface area contributed by atoms with E-state index in [1.54, 1.807) is 18.2 Å². The maximum atomic E-state index is 7.23. The first kappa shape index (κ1) is 29.0. The Kier molecular flexibility index (Phi) is 9.04. The minimum absolute atomic E-state index is 0. The Hall–Kier alpha value is -4.43. The number of pyridine rings is 2. The van der Waals surface area contributed by atoms with Crippen molar-refractivity contribution in [2.24, 2.45) is 0 Å². The molecule has 0 amide bonds. The summed E-state index contributed by atoms with van der Waals surface area (Å²) in [5.74, 6) is 0.461. The van der Waals surface area contributed by atoms with E-state index in [1.165, 1.54) is 45.2 Å². The average molecular weight is 778 g/mol. The molecular formula is C43H38IrN2-2. The number of nitrogens with zero attached hydrogens (tertiary/aromatic N) is 2. The van der Waals surface area contributed by atoms with Crippen LogP contribution in [0.3, 0.4) is 0 Å². The summed E-state index contributed by atoms with van der Waals surface area (Å²) in [4.78, 5) is 8.85. The van der Waals surface area contributed by atoms with E-state index in [0.717, 1.165) is 22.5 Å². The molecule has 0 unspecified atom stereocenters. The summed E-state index contributed by atoms with van der Waals surface area (Å²) >= 11 is 0. The molecular weight excluding hydrogens is 737 g/mol. The van der Waals surface area contributed by atoms with Gasteiger partial charge in [-0.2, -0.15) is 0 Å². The zero-order valence-electron chi connectivity index (χ0n) is 29.5. The molecule has 2 aromatic heterocycles. The Morgan fingerprint density at radius 3 is 2.09 bits per heavy atom. The molecule has 0 saturated carbocycles. The maximum absolute atomic E-state index is 7.23. The van der Waals surface area contributed by atoms with Gasteiger partial charge in [-0.05, 0) is 57.9 Å². The van der Waals surface area contributed by atoms with Gasteiger partial charge >= 0.3 is 0 Å². The quantitative estimate of drug-likeness (QED) is 0.163. The van der Waals surface area contributed by atoms with Gasteiger partial charge in [0.05, 0.1) is 0 Å². The number of hydrogen-bond acceptors (Lipinski definition) is 2. The van der Waals surface area contributed by atoms with E-state index in [4.69, 9.17) is 9.10 Å². The van der Waals surface area contributed by atoms with Crippen LogP contribution in [0.4, 0.5) is 0 Å². The Bertz CT molecular complexity index is 2040. The molecule has 0 N–H and O–H groups in total. The van der Waals surface area contributed by atoms with Crippen molar-refractivity contribution in [3.05, 3.63) is 168 Å². The van der Waals surface area contributed by atoms with Crippen molar-refractivity contribution in [3.8, 4) is 33.6 Å². The van der Waals surface area contributed by atoms with Gasteiger partial charge in [-0.25, -0.2) is 0 Å². The van der Waals surface area contributed by atoms with E-state index in [0.29, 0.717) is 5.92 Å². The van der Waals surface area contributed by atoms with E-state index in [2.05, 4.69) is 130 Å². The van der Waals surface area contributed by atoms with Crippen LogP contribution in [0.5, 0.6) is 0 Å². The summed E-state index contributed by atoms with van der Waals surface area (Å²) < 4.78 is 21.7. The summed E-state index contributed by atoms with van der Waals surface area (Å²) in [7, 11) is 0. The monoisotopic (exact) mass is 778 g/mol. The van der Waals surface area contributed by atoms with Crippen molar-refractivity contribution in [3.63, 3.8) is 0 Å². The first-order valence-corrected chi connectivity index (χ1v) is 15.4. The van der Waals surface area contributed by atoms with Gasteiger partial charge in [0, 0.05) is 36.6 Å². The van der Waals surface area contributed by atoms with Gasteiger partial charge in [-0.15, -0.1) is 59.2 Å². The fraction of sp³-hybridized carbons (Fsp3) is 0.163. The predicted molar refractivity (Wildman–Crippen MR) is 189 cm³/mol. The molecule has 2 nitrogen and oxygen atoms in total. The number of allylic oxidation sites excluding steroid dienone is 1. The molecule has 46 heavy (non-hydrogen) atoms. The molecule has 231 valence electrons. The molecule has 7 rings (SSSR count). The van der Waals surface area contributed by atoms with Crippen molar-refractivity contribution in [1.29, 1.82) is 0 Å². The number of aromatic nitrogens is 2. The molecule has 4 aromatic carbocycles. The van der Waals surface area contributed by atoms with Crippen LogP contribution in [-0.4, -0.2) is 9.97 Å². The number of benzene rings is 4. The van der Waals surface area contributed by atoms with Crippen molar-refractivity contribution < 1.29 is 24.2 Å². The fourth-order valence-corrected chi connectivity index (χ4v) is 5.81. The summed E-state index contributed by atoms with van der Waals surface area (Å²) in [5, 5.41) is 0. The van der Waals surface area contributed by atoms with Crippen LogP contribution in [0.25, 0.3) is 45.3 Å². The molecule has 1 aliphatic carbocycles. The van der Waals surface area contributed by atoms with Gasteiger partial charge in [-0.1, -0.05) is 129 Å². The Morgan fingerprint density at radius 2 is 1.46 bits per heavy atom. The number of rotatable bonds is 5. The first-order valence-electron chi connectivity index (χ1n) is 16.9. The molecule has 0 spiro atoms. The van der Waals surface area contributed by atoms with Crippen molar-refractivity contribution in [1.82, 2.24) is 9.97 Å². The second-order valence-electron chi connectivity index (χ2n) is 12.1. The van der Waals surface area contributed by atoms with Gasteiger partial charge in [0.1, 0.15) is 0 Å². The Balaban J connectivity index is 0.000000233. The van der Waals surface area contributed by atoms with Crippen LogP contribution < -0.4 is 0 Å². The van der Waals surface area contributed by atoms with Crippen molar-refractivity contribution in [2.75, 3.05) is 0 Å². The minimum atomic E-state index is -2.09. The average Bonchev–Trinajstić information content (AvgIpc) is 3.39. The molecule has 0 aliphatic heterocycles. The van der Waals surface area contributed by atoms with Crippen LogP contribution in [0.15, 0.2) is 128 Å². The molecule has 1 aliphatic rings. The number of hydrogen-bond donors (Lipinski definition) is 0. The molecule has 2 heterocycles. The van der Waals surface area contributed by atoms with Crippen LogP contribution in [0, 0.1) is 19.0 Å². The number of aryl methyl sites for hydroxylation is 1. The molecule has 0 bridgehead atoms. The van der Waals surface area contributed by atoms with Gasteiger partial charge in [0.25, 0.3) is 0 Å². The summed E-state index contributed by atoms with van der Waals surface area (Å²) in [6, 6.07) is 45.5. The van der Waals surface area contributed by atoms with E-state index in [-0.39, 0.29) is 31.1 Å². The summed E-state index contributed by atoms with van der Waals surface area (Å²) in [6.07, 6.45) is 5.68. The maximum Gasteiger partial charge on any atom is 0.0280 e. The smallest absolute Gasteiger partial charge is 0.0280 e. The Morgan fingerprint density at radius 1 is 0.739 bits per heavy atom. The van der Waals surface area contributed by atoms with E-state index in [1.807, 2.05) is 24.4 Å². The van der Waals surface area contributed by atoms with Crippen molar-refractivity contribution in [2.45, 2.75) is 45.9 Å². The summed E-state index contributed by atoms with van der Waals surface area (Å²) in [6.45, 7) is 6.97. The second kappa shape index (κ2) is 14.3. The third-order valence-corrected chi connectivity index (χ3v) is 8.34. The van der Waals surface area contributed by atoms with E-state index >= 15 is 0 Å². The van der Waals surface area contributed by atoms with Gasteiger partial charge in [-0.3, -0.25) is 0 Å². The largest absolute Gasteiger partial charge is 0.305 e. The van der Waals surface area contributed by atoms with E-state index in [9.17, 15) is 0 Å². The first-order chi connectivity index (χ1) is 23.0. The topological polar surface area (TPSA) is 25.8 Å². The summed E-state index contributed by atoms with van der Waals surface area (Å²) in [5.41, 5.74) is 12.6. The van der Waals surface area contributed by atoms with Gasteiger partial charge < -0.3 is 9.97 Å². The molecule has 0 fully saturated rings. The van der Waals surface area contributed by atoms with Gasteiger partial charge in [0.2, 0.25) is 0 Å². The van der Waals surface area contributed by atoms with Crippen LogP contribution in [0.2, 0.25) is 0 Å². The molecule has 0 atom stereocenters.